The van der Waals surface area contributed by atoms with Crippen molar-refractivity contribution in [1.82, 2.24) is 0 Å². The van der Waals surface area contributed by atoms with E-state index in [1.54, 1.807) is 0 Å². The highest BCUT2D eigenvalue weighted by Gasteiger charge is 2.15. The average molecular weight is 187 g/mol. The second-order valence-corrected chi connectivity index (χ2v) is 4.23. The molecule has 0 amide bonds. The van der Waals surface area contributed by atoms with Crippen LogP contribution in [0.2, 0.25) is 0 Å². The van der Waals surface area contributed by atoms with Crippen LogP contribution in [0, 0.1) is 5.92 Å². The van der Waals surface area contributed by atoms with Crippen molar-refractivity contribution in [2.24, 2.45) is 5.92 Å². The third-order valence-corrected chi connectivity index (χ3v) is 3.06. The maximum atomic E-state index is 2.34. The molecule has 1 atom stereocenters. The predicted molar refractivity (Wildman–Crippen MR) is 62.5 cm³/mol. The van der Waals surface area contributed by atoms with Crippen molar-refractivity contribution in [1.29, 1.82) is 0 Å². The van der Waals surface area contributed by atoms with E-state index in [0.717, 1.165) is 6.54 Å². The third-order valence-electron chi connectivity index (χ3n) is 3.06. The van der Waals surface area contributed by atoms with Gasteiger partial charge in [0.25, 0.3) is 0 Å². The summed E-state index contributed by atoms with van der Waals surface area (Å²) in [5, 5.41) is 0. The van der Waals surface area contributed by atoms with Crippen molar-refractivity contribution in [2.45, 2.75) is 13.8 Å². The first-order valence-electron chi connectivity index (χ1n) is 5.17. The lowest BCUT2D eigenvalue weighted by Gasteiger charge is -2.22. The molecular weight excluding hydrogens is 170 g/mol. The summed E-state index contributed by atoms with van der Waals surface area (Å²) < 4.78 is 0. The van der Waals surface area contributed by atoms with E-state index in [1.165, 1.54) is 16.8 Å². The van der Waals surface area contributed by atoms with Crippen molar-refractivity contribution in [3.8, 4) is 0 Å². The zero-order valence-corrected chi connectivity index (χ0v) is 9.12. The number of hydrogen-bond donors (Lipinski definition) is 0. The molecule has 1 heterocycles. The fraction of sp³-hybridized carbons (Fsp3) is 0.385. The minimum absolute atomic E-state index is 0.646. The Kier molecular flexibility index (Phi) is 2.32. The first-order valence-corrected chi connectivity index (χ1v) is 5.17. The van der Waals surface area contributed by atoms with Crippen molar-refractivity contribution < 1.29 is 0 Å². The lowest BCUT2D eigenvalue weighted by Crippen LogP contribution is -2.23. The van der Waals surface area contributed by atoms with Gasteiger partial charge in [-0.05, 0) is 24.5 Å². The molecule has 0 N–H and O–H groups in total. The molecule has 1 nitrogen and oxygen atoms in total. The Labute approximate surface area is 86.1 Å². The van der Waals surface area contributed by atoms with E-state index >= 15 is 0 Å². The van der Waals surface area contributed by atoms with Crippen LogP contribution in [-0.2, 0) is 0 Å². The van der Waals surface area contributed by atoms with Gasteiger partial charge in [0, 0.05) is 19.3 Å². The Balaban J connectivity index is 2.51. The van der Waals surface area contributed by atoms with Crippen molar-refractivity contribution >= 4 is 11.8 Å². The summed E-state index contributed by atoms with van der Waals surface area (Å²) in [7, 11) is 2.17. The summed E-state index contributed by atoms with van der Waals surface area (Å²) in [6, 6.07) is 8.59. The highest BCUT2D eigenvalue weighted by atomic mass is 15.1. The Hall–Kier alpha value is -1.24. The topological polar surface area (TPSA) is 3.24 Å². The van der Waals surface area contributed by atoms with Gasteiger partial charge in [0.05, 0.1) is 0 Å². The fourth-order valence-electron chi connectivity index (χ4n) is 2.00. The summed E-state index contributed by atoms with van der Waals surface area (Å²) in [5.74, 6) is 0.646. The number of benzene rings is 1. The summed E-state index contributed by atoms with van der Waals surface area (Å²) in [4.78, 5) is 2.34. The molecule has 0 fully saturated rings. The van der Waals surface area contributed by atoms with Gasteiger partial charge in [0.2, 0.25) is 0 Å². The minimum atomic E-state index is 0.646. The van der Waals surface area contributed by atoms with E-state index < -0.39 is 0 Å². The second-order valence-electron chi connectivity index (χ2n) is 4.23. The first-order chi connectivity index (χ1) is 6.68. The maximum Gasteiger partial charge on any atom is 0.0437 e. The maximum absolute atomic E-state index is 2.34. The van der Waals surface area contributed by atoms with Crippen LogP contribution in [0.5, 0.6) is 0 Å². The number of nitrogens with zero attached hydrogens (tertiary/aromatic N) is 1. The van der Waals surface area contributed by atoms with Gasteiger partial charge in [0.1, 0.15) is 0 Å². The average Bonchev–Trinajstić information content (AvgIpc) is 2.27. The molecule has 14 heavy (non-hydrogen) atoms. The molecule has 0 aromatic heterocycles. The number of rotatable bonds is 0. The van der Waals surface area contributed by atoms with Crippen molar-refractivity contribution in [3.05, 3.63) is 35.4 Å². The van der Waals surface area contributed by atoms with Gasteiger partial charge >= 0.3 is 0 Å². The second kappa shape index (κ2) is 3.49. The van der Waals surface area contributed by atoms with Crippen LogP contribution in [0.4, 0.5) is 5.69 Å². The minimum Gasteiger partial charge on any atom is -0.374 e. The number of anilines is 1. The SMILES string of the molecule is CC1=Cc2ccccc2N(C)CC1C. The zero-order chi connectivity index (χ0) is 10.1. The summed E-state index contributed by atoms with van der Waals surface area (Å²) in [6.45, 7) is 5.62. The van der Waals surface area contributed by atoms with Crippen LogP contribution >= 0.6 is 0 Å². The van der Waals surface area contributed by atoms with Crippen LogP contribution in [0.15, 0.2) is 29.8 Å². The van der Waals surface area contributed by atoms with Crippen molar-refractivity contribution in [3.63, 3.8) is 0 Å². The number of para-hydroxylation sites is 1. The van der Waals surface area contributed by atoms with Gasteiger partial charge in [-0.25, -0.2) is 0 Å². The largest absolute Gasteiger partial charge is 0.374 e. The number of hydrogen-bond acceptors (Lipinski definition) is 1. The highest BCUT2D eigenvalue weighted by molar-refractivity contribution is 5.70. The molecule has 74 valence electrons. The summed E-state index contributed by atoms with van der Waals surface area (Å²) in [5.41, 5.74) is 4.16. The predicted octanol–water partition coefficient (Wildman–Crippen LogP) is 3.18. The third kappa shape index (κ3) is 1.54. The van der Waals surface area contributed by atoms with Gasteiger partial charge in [-0.2, -0.15) is 0 Å². The molecule has 0 aliphatic carbocycles. The van der Waals surface area contributed by atoms with E-state index in [4.69, 9.17) is 0 Å². The smallest absolute Gasteiger partial charge is 0.0437 e. The lowest BCUT2D eigenvalue weighted by molar-refractivity contribution is 0.674. The molecule has 1 unspecified atom stereocenters. The Bertz CT molecular complexity index is 365. The van der Waals surface area contributed by atoms with E-state index in [9.17, 15) is 0 Å². The number of fused-ring (bicyclic) bond motifs is 1. The summed E-state index contributed by atoms with van der Waals surface area (Å²) in [6.07, 6.45) is 2.31. The normalized spacial score (nSPS) is 21.2. The van der Waals surface area contributed by atoms with Gasteiger partial charge in [-0.3, -0.25) is 0 Å². The highest BCUT2D eigenvalue weighted by Crippen LogP contribution is 2.28. The molecule has 0 spiro atoms. The van der Waals surface area contributed by atoms with E-state index in [0.29, 0.717) is 5.92 Å². The van der Waals surface area contributed by atoms with Gasteiger partial charge < -0.3 is 4.90 Å². The van der Waals surface area contributed by atoms with Crippen molar-refractivity contribution in [2.75, 3.05) is 18.5 Å². The van der Waals surface area contributed by atoms with E-state index in [-0.39, 0.29) is 0 Å². The summed E-state index contributed by atoms with van der Waals surface area (Å²) >= 11 is 0. The van der Waals surface area contributed by atoms with E-state index in [1.807, 2.05) is 0 Å². The zero-order valence-electron chi connectivity index (χ0n) is 9.12. The molecule has 0 radical (unpaired) electrons. The van der Waals surface area contributed by atoms with Crippen LogP contribution in [0.3, 0.4) is 0 Å². The molecule has 1 aliphatic heterocycles. The molecule has 0 bridgehead atoms. The van der Waals surface area contributed by atoms with Gasteiger partial charge in [-0.1, -0.05) is 36.8 Å². The first kappa shape index (κ1) is 9.32. The Morgan fingerprint density at radius 2 is 2.00 bits per heavy atom. The molecule has 1 aromatic rings. The molecule has 2 rings (SSSR count). The van der Waals surface area contributed by atoms with Crippen LogP contribution in [0.25, 0.3) is 6.08 Å². The van der Waals surface area contributed by atoms with Gasteiger partial charge in [-0.15, -0.1) is 0 Å². The fourth-order valence-corrected chi connectivity index (χ4v) is 2.00. The molecule has 1 aliphatic rings. The molecule has 0 saturated carbocycles. The van der Waals surface area contributed by atoms with E-state index in [2.05, 4.69) is 56.1 Å². The monoisotopic (exact) mass is 187 g/mol. The Morgan fingerprint density at radius 3 is 2.79 bits per heavy atom. The van der Waals surface area contributed by atoms with Crippen LogP contribution in [0.1, 0.15) is 19.4 Å². The molecule has 1 aromatic carbocycles. The van der Waals surface area contributed by atoms with Crippen LogP contribution in [-0.4, -0.2) is 13.6 Å². The molecule has 0 saturated heterocycles. The quantitative estimate of drug-likeness (QED) is 0.603. The molecule has 1 heteroatoms. The lowest BCUT2D eigenvalue weighted by atomic mass is 10.0. The molecular formula is C13H17N. The standard InChI is InChI=1S/C13H17N/c1-10-8-12-6-4-5-7-13(12)14(3)9-11(10)2/h4-8,11H,9H2,1-3H3. The van der Waals surface area contributed by atoms with Crippen LogP contribution < -0.4 is 4.90 Å². The van der Waals surface area contributed by atoms with Gasteiger partial charge in [0.15, 0.2) is 0 Å². The Morgan fingerprint density at radius 1 is 1.29 bits per heavy atom.